The third-order valence-corrected chi connectivity index (χ3v) is 2.46. The van der Waals surface area contributed by atoms with Gasteiger partial charge in [0.15, 0.2) is 0 Å². The molecule has 0 bridgehead atoms. The summed E-state index contributed by atoms with van der Waals surface area (Å²) in [6.07, 6.45) is 2.33. The van der Waals surface area contributed by atoms with E-state index in [1.54, 1.807) is 6.07 Å². The van der Waals surface area contributed by atoms with E-state index < -0.39 is 16.0 Å². The maximum atomic E-state index is 11.5. The number of rotatable bonds is 4. The third kappa shape index (κ3) is 4.68. The van der Waals surface area contributed by atoms with Gasteiger partial charge in [0.2, 0.25) is 0 Å². The highest BCUT2D eigenvalue weighted by atomic mass is 35.5. The molecule has 0 unspecified atom stereocenters. The van der Waals surface area contributed by atoms with Gasteiger partial charge in [0.05, 0.1) is 12.9 Å². The van der Waals surface area contributed by atoms with Crippen molar-refractivity contribution in [2.45, 2.75) is 6.61 Å². The summed E-state index contributed by atoms with van der Waals surface area (Å²) < 4.78 is 27.1. The molecule has 8 heteroatoms. The lowest BCUT2D eigenvalue weighted by Crippen LogP contribution is -2.18. The second kappa shape index (κ2) is 5.44. The molecule has 0 aromatic carbocycles. The predicted molar refractivity (Wildman–Crippen MR) is 61.8 cm³/mol. The lowest BCUT2D eigenvalue weighted by molar-refractivity contribution is 0.0879. The Morgan fingerprint density at radius 1 is 1.59 bits per heavy atom. The van der Waals surface area contributed by atoms with Crippen LogP contribution in [0.2, 0.25) is 0 Å². The van der Waals surface area contributed by atoms with Gasteiger partial charge < -0.3 is 0 Å². The quantitative estimate of drug-likeness (QED) is 0.601. The summed E-state index contributed by atoms with van der Waals surface area (Å²) in [5, 5.41) is 0. The zero-order chi connectivity index (χ0) is 13.1. The van der Waals surface area contributed by atoms with Gasteiger partial charge in [-0.1, -0.05) is 0 Å². The molecule has 1 heterocycles. The largest absolute Gasteiger partial charge is 0.286 e. The Kier molecular flexibility index (Phi) is 4.44. The summed E-state index contributed by atoms with van der Waals surface area (Å²) in [6, 6.07) is 2.97. The van der Waals surface area contributed by atoms with Crippen LogP contribution >= 0.6 is 11.8 Å². The standard InChI is InChI=1S/C9H11ClN2O4S/c1-12(10)9(13)8-5-7(3-4-11-8)6-16-17(2,14)15/h3-5H,6H2,1-2H3. The zero-order valence-electron chi connectivity index (χ0n) is 9.25. The topological polar surface area (TPSA) is 76.6 Å². The van der Waals surface area contributed by atoms with Crippen LogP contribution in [-0.2, 0) is 20.9 Å². The fourth-order valence-electron chi connectivity index (χ4n) is 1.01. The van der Waals surface area contributed by atoms with Gasteiger partial charge in [0.1, 0.15) is 5.69 Å². The van der Waals surface area contributed by atoms with Crippen LogP contribution in [0.3, 0.4) is 0 Å². The number of pyridine rings is 1. The van der Waals surface area contributed by atoms with Gasteiger partial charge in [-0.05, 0) is 17.7 Å². The Hall–Kier alpha value is -1.18. The Morgan fingerprint density at radius 3 is 2.76 bits per heavy atom. The molecule has 1 rings (SSSR count). The van der Waals surface area contributed by atoms with E-state index in [2.05, 4.69) is 9.17 Å². The molecule has 1 aromatic heterocycles. The van der Waals surface area contributed by atoms with Crippen molar-refractivity contribution in [1.29, 1.82) is 0 Å². The van der Waals surface area contributed by atoms with Crippen molar-refractivity contribution < 1.29 is 17.4 Å². The number of amides is 1. The molecular weight excluding hydrogens is 268 g/mol. The zero-order valence-corrected chi connectivity index (χ0v) is 10.8. The molecule has 0 aliphatic rings. The van der Waals surface area contributed by atoms with Crippen molar-refractivity contribution in [2.24, 2.45) is 0 Å². The summed E-state index contributed by atoms with van der Waals surface area (Å²) in [4.78, 5) is 15.3. The van der Waals surface area contributed by atoms with E-state index in [4.69, 9.17) is 11.8 Å². The number of aromatic nitrogens is 1. The van der Waals surface area contributed by atoms with E-state index in [0.29, 0.717) is 5.56 Å². The minimum atomic E-state index is -3.51. The van der Waals surface area contributed by atoms with Crippen LogP contribution in [-0.4, -0.2) is 37.0 Å². The lowest BCUT2D eigenvalue weighted by Gasteiger charge is -2.07. The summed E-state index contributed by atoms with van der Waals surface area (Å²) >= 11 is 5.48. The van der Waals surface area contributed by atoms with Gasteiger partial charge in [-0.3, -0.25) is 18.4 Å². The lowest BCUT2D eigenvalue weighted by atomic mass is 10.2. The summed E-state index contributed by atoms with van der Waals surface area (Å²) in [6.45, 7) is -0.145. The van der Waals surface area contributed by atoms with Gasteiger partial charge in [0, 0.05) is 25.0 Å². The van der Waals surface area contributed by atoms with Gasteiger partial charge in [-0.2, -0.15) is 8.42 Å². The number of carbonyl (C=O) groups is 1. The van der Waals surface area contributed by atoms with Crippen molar-refractivity contribution in [3.8, 4) is 0 Å². The fraction of sp³-hybridized carbons (Fsp3) is 0.333. The molecular formula is C9H11ClN2O4S. The van der Waals surface area contributed by atoms with Crippen LogP contribution in [0.1, 0.15) is 16.1 Å². The number of halogens is 1. The number of carbonyl (C=O) groups excluding carboxylic acids is 1. The first-order chi connectivity index (χ1) is 7.79. The first kappa shape index (κ1) is 13.9. The fourth-order valence-corrected chi connectivity index (χ4v) is 1.45. The van der Waals surface area contributed by atoms with E-state index in [9.17, 15) is 13.2 Å². The average Bonchev–Trinajstić information content (AvgIpc) is 2.24. The third-order valence-electron chi connectivity index (χ3n) is 1.76. The van der Waals surface area contributed by atoms with Crippen LogP contribution in [0.25, 0.3) is 0 Å². The molecule has 0 radical (unpaired) electrons. The molecule has 0 aliphatic carbocycles. The van der Waals surface area contributed by atoms with Crippen LogP contribution in [0.4, 0.5) is 0 Å². The SMILES string of the molecule is CN(Cl)C(=O)c1cc(COS(C)(=O)=O)ccn1. The Bertz CT molecular complexity index is 515. The molecule has 0 spiro atoms. The normalized spacial score (nSPS) is 11.2. The van der Waals surface area contributed by atoms with Crippen molar-refractivity contribution in [2.75, 3.05) is 13.3 Å². The molecule has 94 valence electrons. The number of nitrogens with zero attached hydrogens (tertiary/aromatic N) is 2. The average molecular weight is 279 g/mol. The van der Waals surface area contributed by atoms with E-state index in [1.165, 1.54) is 19.3 Å². The van der Waals surface area contributed by atoms with Gasteiger partial charge in [-0.15, -0.1) is 0 Å². The molecule has 0 saturated carbocycles. The van der Waals surface area contributed by atoms with Crippen molar-refractivity contribution in [1.82, 2.24) is 9.40 Å². The van der Waals surface area contributed by atoms with Crippen molar-refractivity contribution in [3.63, 3.8) is 0 Å². The first-order valence-corrected chi connectivity index (χ1v) is 6.68. The molecule has 0 aliphatic heterocycles. The van der Waals surface area contributed by atoms with Crippen LogP contribution in [0.5, 0.6) is 0 Å². The van der Waals surface area contributed by atoms with Gasteiger partial charge >= 0.3 is 0 Å². The summed E-state index contributed by atoms with van der Waals surface area (Å²) in [5.41, 5.74) is 0.643. The van der Waals surface area contributed by atoms with E-state index in [0.717, 1.165) is 10.7 Å². The van der Waals surface area contributed by atoms with E-state index >= 15 is 0 Å². The maximum absolute atomic E-state index is 11.5. The number of hydrogen-bond donors (Lipinski definition) is 0. The summed E-state index contributed by atoms with van der Waals surface area (Å²) in [7, 11) is -2.13. The second-order valence-corrected chi connectivity index (χ2v) is 5.45. The van der Waals surface area contributed by atoms with Crippen LogP contribution in [0, 0.1) is 0 Å². The number of hydrogen-bond acceptors (Lipinski definition) is 5. The van der Waals surface area contributed by atoms with E-state index in [-0.39, 0.29) is 12.3 Å². The molecule has 1 aromatic rings. The molecule has 0 fully saturated rings. The summed E-state index contributed by atoms with van der Waals surface area (Å²) in [5.74, 6) is -0.479. The molecule has 0 N–H and O–H groups in total. The highest BCUT2D eigenvalue weighted by molar-refractivity contribution is 7.85. The van der Waals surface area contributed by atoms with E-state index in [1.807, 2.05) is 0 Å². The molecule has 0 saturated heterocycles. The molecule has 17 heavy (non-hydrogen) atoms. The Morgan fingerprint density at radius 2 is 2.24 bits per heavy atom. The molecule has 0 atom stereocenters. The highest BCUT2D eigenvalue weighted by Crippen LogP contribution is 2.08. The maximum Gasteiger partial charge on any atom is 0.286 e. The van der Waals surface area contributed by atoms with Gasteiger partial charge in [0.25, 0.3) is 16.0 Å². The Balaban J connectivity index is 2.83. The monoisotopic (exact) mass is 278 g/mol. The van der Waals surface area contributed by atoms with Crippen LogP contribution in [0.15, 0.2) is 18.3 Å². The van der Waals surface area contributed by atoms with Crippen LogP contribution < -0.4 is 0 Å². The minimum Gasteiger partial charge on any atom is -0.266 e. The van der Waals surface area contributed by atoms with Crippen molar-refractivity contribution in [3.05, 3.63) is 29.6 Å². The minimum absolute atomic E-state index is 0.122. The van der Waals surface area contributed by atoms with Crippen molar-refractivity contribution >= 4 is 27.8 Å². The molecule has 6 nitrogen and oxygen atoms in total. The Labute approximate surface area is 104 Å². The smallest absolute Gasteiger partial charge is 0.266 e. The highest BCUT2D eigenvalue weighted by Gasteiger charge is 2.12. The first-order valence-electron chi connectivity index (χ1n) is 4.53. The predicted octanol–water partition coefficient (Wildman–Crippen LogP) is 0.784. The second-order valence-electron chi connectivity index (χ2n) is 3.30. The van der Waals surface area contributed by atoms with Gasteiger partial charge in [-0.25, -0.2) is 0 Å². The molecule has 1 amide bonds.